The van der Waals surface area contributed by atoms with Crippen molar-refractivity contribution in [1.29, 1.82) is 0 Å². The van der Waals surface area contributed by atoms with Gasteiger partial charge in [0.05, 0.1) is 4.90 Å². The van der Waals surface area contributed by atoms with Crippen LogP contribution in [0.5, 0.6) is 0 Å². The minimum Gasteiger partial charge on any atom is -0.271 e. The second-order valence-electron chi connectivity index (χ2n) is 4.07. The van der Waals surface area contributed by atoms with E-state index in [1.54, 1.807) is 0 Å². The Balaban J connectivity index is 2.10. The normalized spacial score (nSPS) is 16.5. The van der Waals surface area contributed by atoms with Gasteiger partial charge in [-0.25, -0.2) is 13.6 Å². The zero-order chi connectivity index (χ0) is 13.4. The third-order valence-corrected chi connectivity index (χ3v) is 4.41. The van der Waals surface area contributed by atoms with E-state index in [0.29, 0.717) is 0 Å². The fraction of sp³-hybridized carbons (Fsp3) is 0.333. The Morgan fingerprint density at radius 3 is 2.06 bits per heavy atom. The van der Waals surface area contributed by atoms with Crippen molar-refractivity contribution < 1.29 is 16.8 Å². The molecule has 18 heavy (non-hydrogen) atoms. The van der Waals surface area contributed by atoms with E-state index in [9.17, 15) is 16.8 Å². The first kappa shape index (κ1) is 13.3. The topological polar surface area (TPSA) is 118 Å². The number of sulfonamides is 1. The van der Waals surface area contributed by atoms with Crippen LogP contribution in [0.2, 0.25) is 0 Å². The number of nitrogens with one attached hydrogen (secondary N) is 2. The highest BCUT2D eigenvalue weighted by Gasteiger charge is 2.26. The van der Waals surface area contributed by atoms with Crippen LogP contribution in [0, 0.1) is 0 Å². The highest BCUT2D eigenvalue weighted by Crippen LogP contribution is 2.20. The molecule has 1 aromatic carbocycles. The molecule has 7 nitrogen and oxygen atoms in total. The summed E-state index contributed by atoms with van der Waals surface area (Å²) < 4.78 is 49.9. The first-order valence-electron chi connectivity index (χ1n) is 5.19. The molecule has 100 valence electrons. The smallest absolute Gasteiger partial charge is 0.271 e. The van der Waals surface area contributed by atoms with Crippen LogP contribution in [-0.2, 0) is 20.2 Å². The van der Waals surface area contributed by atoms with Gasteiger partial charge in [0, 0.05) is 11.7 Å². The van der Waals surface area contributed by atoms with Crippen LogP contribution >= 0.6 is 0 Å². The minimum absolute atomic E-state index is 0.00573. The molecule has 1 aliphatic carbocycles. The fourth-order valence-corrected chi connectivity index (χ4v) is 3.01. The molecule has 2 rings (SSSR count). The predicted octanol–water partition coefficient (Wildman–Crippen LogP) is -0.257. The van der Waals surface area contributed by atoms with Crippen LogP contribution in [0.4, 0.5) is 5.69 Å². The van der Waals surface area contributed by atoms with Crippen molar-refractivity contribution in [1.82, 2.24) is 4.72 Å². The molecule has 1 fully saturated rings. The van der Waals surface area contributed by atoms with Gasteiger partial charge >= 0.3 is 0 Å². The van der Waals surface area contributed by atoms with Crippen molar-refractivity contribution >= 4 is 25.9 Å². The van der Waals surface area contributed by atoms with Gasteiger partial charge in [0.25, 0.3) is 10.2 Å². The average molecular weight is 291 g/mol. The Hall–Kier alpha value is -1.16. The molecule has 0 aromatic heterocycles. The van der Waals surface area contributed by atoms with E-state index in [1.165, 1.54) is 24.3 Å². The molecule has 0 unspecified atom stereocenters. The predicted molar refractivity (Wildman–Crippen MR) is 66.5 cm³/mol. The lowest BCUT2D eigenvalue weighted by Gasteiger charge is -2.08. The van der Waals surface area contributed by atoms with Crippen molar-refractivity contribution in [3.05, 3.63) is 24.3 Å². The van der Waals surface area contributed by atoms with E-state index in [1.807, 2.05) is 0 Å². The van der Waals surface area contributed by atoms with Crippen LogP contribution in [-0.4, -0.2) is 22.9 Å². The summed E-state index contributed by atoms with van der Waals surface area (Å²) in [5, 5.41) is 4.93. The first-order valence-corrected chi connectivity index (χ1v) is 8.22. The molecular formula is C9H13N3O4S2. The van der Waals surface area contributed by atoms with Gasteiger partial charge < -0.3 is 0 Å². The van der Waals surface area contributed by atoms with Crippen LogP contribution in [0.1, 0.15) is 12.8 Å². The quantitative estimate of drug-likeness (QED) is 0.692. The molecule has 1 aliphatic rings. The zero-order valence-electron chi connectivity index (χ0n) is 9.33. The first-order chi connectivity index (χ1) is 8.26. The highest BCUT2D eigenvalue weighted by molar-refractivity contribution is 7.90. The summed E-state index contributed by atoms with van der Waals surface area (Å²) in [6, 6.07) is 5.16. The SMILES string of the molecule is NS(=O)(=O)c1ccc(NS(=O)(=O)NC2CC2)cc1. The number of anilines is 1. The summed E-state index contributed by atoms with van der Waals surface area (Å²) in [6.07, 6.45) is 1.68. The Morgan fingerprint density at radius 2 is 1.61 bits per heavy atom. The summed E-state index contributed by atoms with van der Waals surface area (Å²) in [6.45, 7) is 0. The van der Waals surface area contributed by atoms with Gasteiger partial charge in [0.15, 0.2) is 0 Å². The fourth-order valence-electron chi connectivity index (χ4n) is 1.32. The molecule has 0 saturated heterocycles. The van der Waals surface area contributed by atoms with Gasteiger partial charge in [0.1, 0.15) is 0 Å². The van der Waals surface area contributed by atoms with Crippen molar-refractivity contribution in [2.45, 2.75) is 23.8 Å². The number of hydrogen-bond acceptors (Lipinski definition) is 4. The van der Waals surface area contributed by atoms with Crippen LogP contribution in [0.15, 0.2) is 29.2 Å². The van der Waals surface area contributed by atoms with Gasteiger partial charge in [-0.2, -0.15) is 13.1 Å². The molecule has 0 amide bonds. The number of hydrogen-bond donors (Lipinski definition) is 3. The molecule has 1 aromatic rings. The number of benzene rings is 1. The van der Waals surface area contributed by atoms with Gasteiger partial charge in [-0.3, -0.25) is 4.72 Å². The maximum absolute atomic E-state index is 11.6. The molecule has 9 heteroatoms. The Labute approximate surface area is 106 Å². The third kappa shape index (κ3) is 3.67. The minimum atomic E-state index is -3.77. The summed E-state index contributed by atoms with van der Waals surface area (Å²) in [5.74, 6) is 0. The van der Waals surface area contributed by atoms with Crippen molar-refractivity contribution in [2.75, 3.05) is 4.72 Å². The van der Waals surface area contributed by atoms with Crippen LogP contribution < -0.4 is 14.6 Å². The van der Waals surface area contributed by atoms with Crippen molar-refractivity contribution in [2.24, 2.45) is 5.14 Å². The molecule has 0 aliphatic heterocycles. The zero-order valence-corrected chi connectivity index (χ0v) is 11.0. The number of primary sulfonamides is 1. The highest BCUT2D eigenvalue weighted by atomic mass is 32.2. The summed E-state index contributed by atoms with van der Waals surface area (Å²) in [7, 11) is -7.37. The standard InChI is InChI=1S/C9H13N3O4S2/c10-17(13,14)9-5-3-8(4-6-9)12-18(15,16)11-7-1-2-7/h3-7,11-12H,1-2H2,(H2,10,13,14). The molecule has 0 atom stereocenters. The van der Waals surface area contributed by atoms with Crippen molar-refractivity contribution in [3.8, 4) is 0 Å². The molecule has 0 heterocycles. The molecular weight excluding hydrogens is 278 g/mol. The van der Waals surface area contributed by atoms with Gasteiger partial charge in [-0.15, -0.1) is 0 Å². The lowest BCUT2D eigenvalue weighted by molar-refractivity contribution is 0.586. The van der Waals surface area contributed by atoms with E-state index in [-0.39, 0.29) is 16.6 Å². The van der Waals surface area contributed by atoms with Gasteiger partial charge in [0.2, 0.25) is 10.0 Å². The lowest BCUT2D eigenvalue weighted by Crippen LogP contribution is -2.31. The summed E-state index contributed by atoms with van der Waals surface area (Å²) in [5.41, 5.74) is 0.274. The van der Waals surface area contributed by atoms with Crippen LogP contribution in [0.3, 0.4) is 0 Å². The molecule has 0 radical (unpaired) electrons. The molecule has 4 N–H and O–H groups in total. The maximum Gasteiger partial charge on any atom is 0.299 e. The largest absolute Gasteiger partial charge is 0.299 e. The summed E-state index contributed by atoms with van der Waals surface area (Å²) in [4.78, 5) is -0.0689. The molecule has 0 bridgehead atoms. The average Bonchev–Trinajstić information content (AvgIpc) is 2.99. The second kappa shape index (κ2) is 4.50. The van der Waals surface area contributed by atoms with E-state index in [0.717, 1.165) is 12.8 Å². The van der Waals surface area contributed by atoms with Crippen LogP contribution in [0.25, 0.3) is 0 Å². The van der Waals surface area contributed by atoms with Gasteiger partial charge in [-0.05, 0) is 37.1 Å². The maximum atomic E-state index is 11.6. The Kier molecular flexibility index (Phi) is 3.32. The lowest BCUT2D eigenvalue weighted by atomic mass is 10.3. The third-order valence-electron chi connectivity index (χ3n) is 2.33. The molecule has 1 saturated carbocycles. The Morgan fingerprint density at radius 1 is 1.06 bits per heavy atom. The number of rotatable bonds is 5. The van der Waals surface area contributed by atoms with E-state index >= 15 is 0 Å². The molecule has 0 spiro atoms. The number of nitrogens with two attached hydrogens (primary N) is 1. The van der Waals surface area contributed by atoms with Crippen molar-refractivity contribution in [3.63, 3.8) is 0 Å². The van der Waals surface area contributed by atoms with E-state index in [2.05, 4.69) is 9.44 Å². The van der Waals surface area contributed by atoms with E-state index < -0.39 is 20.2 Å². The summed E-state index contributed by atoms with van der Waals surface area (Å²) >= 11 is 0. The Bertz CT molecular complexity index is 633. The monoisotopic (exact) mass is 291 g/mol. The second-order valence-corrected chi connectivity index (χ2v) is 7.08. The van der Waals surface area contributed by atoms with Gasteiger partial charge in [-0.1, -0.05) is 0 Å². The van der Waals surface area contributed by atoms with E-state index in [4.69, 9.17) is 5.14 Å².